The molecule has 0 heterocycles. The third-order valence-electron chi connectivity index (χ3n) is 4.38. The maximum Gasteiger partial charge on any atom is 0.224 e. The van der Waals surface area contributed by atoms with Crippen molar-refractivity contribution in [3.05, 3.63) is 29.8 Å². The molecule has 2 N–H and O–H groups in total. The number of rotatable bonds is 5. The number of hydrogen-bond acceptors (Lipinski definition) is 2. The number of anilines is 1. The van der Waals surface area contributed by atoms with Crippen LogP contribution in [0.4, 0.5) is 5.69 Å². The zero-order chi connectivity index (χ0) is 14.4. The Bertz CT molecular complexity index is 427. The van der Waals surface area contributed by atoms with Gasteiger partial charge in [-0.2, -0.15) is 0 Å². The Balaban J connectivity index is 1.94. The average Bonchev–Trinajstić information content (AvgIpc) is 2.49. The molecule has 3 nitrogen and oxygen atoms in total. The maximum absolute atomic E-state index is 11.3. The molecule has 0 aliphatic heterocycles. The molecule has 0 radical (unpaired) electrons. The lowest BCUT2D eigenvalue weighted by molar-refractivity contribution is -0.119. The largest absolute Gasteiger partial charge is 0.382 e. The van der Waals surface area contributed by atoms with Gasteiger partial charge in [-0.05, 0) is 36.5 Å². The van der Waals surface area contributed by atoms with Crippen LogP contribution in [0.1, 0.15) is 44.6 Å². The minimum atomic E-state index is 0.0593. The Labute approximate surface area is 122 Å². The molecule has 0 aromatic heterocycles. The summed E-state index contributed by atoms with van der Waals surface area (Å²) in [6.45, 7) is 2.29. The van der Waals surface area contributed by atoms with Gasteiger partial charge in [-0.25, -0.2) is 0 Å². The van der Waals surface area contributed by atoms with E-state index in [4.69, 9.17) is 0 Å². The van der Waals surface area contributed by atoms with Crippen molar-refractivity contribution in [2.75, 3.05) is 12.4 Å². The Morgan fingerprint density at radius 3 is 2.55 bits per heavy atom. The molecule has 1 aromatic rings. The normalized spacial score (nSPS) is 22.3. The number of nitrogens with one attached hydrogen (secondary N) is 2. The number of carbonyl (C=O) groups is 1. The zero-order valence-corrected chi connectivity index (χ0v) is 12.6. The van der Waals surface area contributed by atoms with E-state index in [0.29, 0.717) is 12.5 Å². The molecular formula is C17H26N2O. The molecule has 1 aliphatic rings. The highest BCUT2D eigenvalue weighted by Crippen LogP contribution is 2.29. The van der Waals surface area contributed by atoms with Gasteiger partial charge in [0.15, 0.2) is 0 Å². The van der Waals surface area contributed by atoms with Crippen LogP contribution in [0, 0.1) is 5.92 Å². The first kappa shape index (κ1) is 14.9. The van der Waals surface area contributed by atoms with Gasteiger partial charge in [0.2, 0.25) is 5.91 Å². The summed E-state index contributed by atoms with van der Waals surface area (Å²) >= 11 is 0. The highest BCUT2D eigenvalue weighted by molar-refractivity contribution is 5.78. The molecule has 0 bridgehead atoms. The van der Waals surface area contributed by atoms with Crippen LogP contribution in [-0.2, 0) is 11.2 Å². The summed E-state index contributed by atoms with van der Waals surface area (Å²) in [5.41, 5.74) is 2.24. The third kappa shape index (κ3) is 3.99. The van der Waals surface area contributed by atoms with Gasteiger partial charge in [-0.3, -0.25) is 4.79 Å². The van der Waals surface area contributed by atoms with Crippen molar-refractivity contribution in [3.63, 3.8) is 0 Å². The first-order valence-corrected chi connectivity index (χ1v) is 7.79. The van der Waals surface area contributed by atoms with E-state index >= 15 is 0 Å². The topological polar surface area (TPSA) is 41.1 Å². The highest BCUT2D eigenvalue weighted by Gasteiger charge is 2.23. The molecule has 1 saturated carbocycles. The van der Waals surface area contributed by atoms with Crippen LogP contribution < -0.4 is 10.6 Å². The van der Waals surface area contributed by atoms with Crippen LogP contribution in [0.15, 0.2) is 24.3 Å². The Hall–Kier alpha value is -1.51. The predicted octanol–water partition coefficient (Wildman–Crippen LogP) is 3.36. The molecule has 1 aromatic carbocycles. The second-order valence-electron chi connectivity index (χ2n) is 5.75. The average molecular weight is 274 g/mol. The second-order valence-corrected chi connectivity index (χ2v) is 5.75. The van der Waals surface area contributed by atoms with E-state index in [1.807, 2.05) is 12.1 Å². The van der Waals surface area contributed by atoms with Gasteiger partial charge in [0, 0.05) is 18.8 Å². The van der Waals surface area contributed by atoms with Crippen molar-refractivity contribution >= 4 is 11.6 Å². The Kier molecular flexibility index (Phi) is 5.45. The number of carbonyl (C=O) groups excluding carboxylic acids is 1. The van der Waals surface area contributed by atoms with E-state index in [-0.39, 0.29) is 5.91 Å². The van der Waals surface area contributed by atoms with Crippen molar-refractivity contribution in [1.82, 2.24) is 5.32 Å². The molecule has 0 saturated heterocycles. The molecule has 0 spiro atoms. The van der Waals surface area contributed by atoms with E-state index in [0.717, 1.165) is 11.5 Å². The molecule has 110 valence electrons. The van der Waals surface area contributed by atoms with Crippen molar-refractivity contribution in [1.29, 1.82) is 0 Å². The smallest absolute Gasteiger partial charge is 0.224 e. The summed E-state index contributed by atoms with van der Waals surface area (Å²) in [6, 6.07) is 8.89. The molecule has 1 fully saturated rings. The third-order valence-corrected chi connectivity index (χ3v) is 4.38. The van der Waals surface area contributed by atoms with Gasteiger partial charge in [0.1, 0.15) is 0 Å². The molecule has 3 heteroatoms. The monoisotopic (exact) mass is 274 g/mol. The molecule has 1 amide bonds. The first-order valence-electron chi connectivity index (χ1n) is 7.79. The maximum atomic E-state index is 11.3. The minimum Gasteiger partial charge on any atom is -0.382 e. The van der Waals surface area contributed by atoms with Crippen LogP contribution in [0.2, 0.25) is 0 Å². The second kappa shape index (κ2) is 7.32. The van der Waals surface area contributed by atoms with Crippen molar-refractivity contribution in [3.8, 4) is 0 Å². The summed E-state index contributed by atoms with van der Waals surface area (Å²) in [5.74, 6) is 0.860. The number of benzene rings is 1. The van der Waals surface area contributed by atoms with Gasteiger partial charge in [0.25, 0.3) is 0 Å². The number of hydrogen-bond donors (Lipinski definition) is 2. The molecule has 20 heavy (non-hydrogen) atoms. The molecule has 2 unspecified atom stereocenters. The van der Waals surface area contributed by atoms with Gasteiger partial charge in [0.05, 0.1) is 6.42 Å². The quantitative estimate of drug-likeness (QED) is 0.864. The lowest BCUT2D eigenvalue weighted by atomic mass is 9.83. The van der Waals surface area contributed by atoms with Crippen molar-refractivity contribution < 1.29 is 4.79 Å². The lowest BCUT2D eigenvalue weighted by Crippen LogP contribution is -2.31. The van der Waals surface area contributed by atoms with Gasteiger partial charge in [-0.15, -0.1) is 0 Å². The minimum absolute atomic E-state index is 0.0593. The van der Waals surface area contributed by atoms with Gasteiger partial charge < -0.3 is 10.6 Å². The number of likely N-dealkylation sites (N-methyl/N-ethyl adjacent to an activating group) is 1. The van der Waals surface area contributed by atoms with Crippen LogP contribution in [-0.4, -0.2) is 19.0 Å². The summed E-state index contributed by atoms with van der Waals surface area (Å²) in [6.07, 6.45) is 7.05. The van der Waals surface area contributed by atoms with Crippen LogP contribution in [0.3, 0.4) is 0 Å². The predicted molar refractivity (Wildman–Crippen MR) is 83.9 cm³/mol. The van der Waals surface area contributed by atoms with Gasteiger partial charge in [-0.1, -0.05) is 38.3 Å². The van der Waals surface area contributed by atoms with Crippen LogP contribution in [0.25, 0.3) is 0 Å². The van der Waals surface area contributed by atoms with E-state index < -0.39 is 0 Å². The van der Waals surface area contributed by atoms with Crippen molar-refractivity contribution in [2.24, 2.45) is 5.92 Å². The fourth-order valence-electron chi connectivity index (χ4n) is 3.09. The van der Waals surface area contributed by atoms with Crippen LogP contribution in [0.5, 0.6) is 0 Å². The van der Waals surface area contributed by atoms with Gasteiger partial charge >= 0.3 is 0 Å². The van der Waals surface area contributed by atoms with Crippen LogP contribution >= 0.6 is 0 Å². The summed E-state index contributed by atoms with van der Waals surface area (Å²) in [5, 5.41) is 6.33. The molecule has 2 atom stereocenters. The molecule has 2 rings (SSSR count). The fourth-order valence-corrected chi connectivity index (χ4v) is 3.09. The fraction of sp³-hybridized carbons (Fsp3) is 0.588. The van der Waals surface area contributed by atoms with E-state index in [9.17, 15) is 4.79 Å². The lowest BCUT2D eigenvalue weighted by Gasteiger charge is -2.32. The Morgan fingerprint density at radius 2 is 1.90 bits per heavy atom. The summed E-state index contributed by atoms with van der Waals surface area (Å²) in [7, 11) is 1.67. The van der Waals surface area contributed by atoms with E-state index in [1.165, 1.54) is 37.8 Å². The summed E-state index contributed by atoms with van der Waals surface area (Å²) in [4.78, 5) is 11.3. The number of amides is 1. The SMILES string of the molecule is CCC1CCCCC1Nc1ccc(CC(=O)NC)cc1. The molecule has 1 aliphatic carbocycles. The van der Waals surface area contributed by atoms with E-state index in [1.54, 1.807) is 7.05 Å². The highest BCUT2D eigenvalue weighted by atomic mass is 16.1. The Morgan fingerprint density at radius 1 is 1.20 bits per heavy atom. The zero-order valence-electron chi connectivity index (χ0n) is 12.6. The summed E-state index contributed by atoms with van der Waals surface area (Å²) < 4.78 is 0. The van der Waals surface area contributed by atoms with E-state index in [2.05, 4.69) is 29.7 Å². The van der Waals surface area contributed by atoms with Crippen molar-refractivity contribution in [2.45, 2.75) is 51.5 Å². The first-order chi connectivity index (χ1) is 9.72. The molecular weight excluding hydrogens is 248 g/mol. The standard InChI is InChI=1S/C17H26N2O/c1-3-14-6-4-5-7-16(14)19-15-10-8-13(9-11-15)12-17(20)18-2/h8-11,14,16,19H,3-7,12H2,1-2H3,(H,18,20).